The van der Waals surface area contributed by atoms with Crippen molar-refractivity contribution in [2.75, 3.05) is 5.32 Å². The Labute approximate surface area is 124 Å². The summed E-state index contributed by atoms with van der Waals surface area (Å²) in [5, 5.41) is 3.07. The number of carbonyl (C=O) groups is 2. The first-order valence-corrected chi connectivity index (χ1v) is 6.25. The second kappa shape index (κ2) is 5.90. The molecule has 0 atom stereocenters. The molecule has 0 bridgehead atoms. The molecule has 7 heteroatoms. The lowest BCUT2D eigenvalue weighted by atomic mass is 10.2. The van der Waals surface area contributed by atoms with Crippen LogP contribution in [0.25, 0.3) is 0 Å². The second-order valence-electron chi connectivity index (χ2n) is 3.87. The Morgan fingerprint density at radius 2 is 1.90 bits per heavy atom. The van der Waals surface area contributed by atoms with E-state index in [0.717, 1.165) is 0 Å². The van der Waals surface area contributed by atoms with Gasteiger partial charge in [0.15, 0.2) is 0 Å². The van der Waals surface area contributed by atoms with Crippen LogP contribution in [0, 0.1) is 0 Å². The number of carbonyl (C=O) groups excluding carboxylic acids is 2. The highest BCUT2D eigenvalue weighted by molar-refractivity contribution is 6.36. The number of hydrogen-bond donors (Lipinski definition) is 2. The molecule has 2 rings (SSSR count). The predicted molar refractivity (Wildman–Crippen MR) is 77.2 cm³/mol. The van der Waals surface area contributed by atoms with Crippen molar-refractivity contribution in [2.24, 2.45) is 5.73 Å². The van der Waals surface area contributed by atoms with E-state index in [1.165, 1.54) is 36.7 Å². The van der Waals surface area contributed by atoms with Gasteiger partial charge in [0.2, 0.25) is 5.91 Å². The standard InChI is InChI=1S/C13H9Cl2N3O2/c14-9-2-1-7(12(16)19)5-11(9)18-13(20)8-3-4-17-6-10(8)15/h1-6H,(H2,16,19)(H,18,20). The van der Waals surface area contributed by atoms with E-state index in [0.29, 0.717) is 0 Å². The van der Waals surface area contributed by atoms with Crippen LogP contribution in [0.4, 0.5) is 5.69 Å². The van der Waals surface area contributed by atoms with E-state index in [4.69, 9.17) is 28.9 Å². The summed E-state index contributed by atoms with van der Waals surface area (Å²) in [6, 6.07) is 5.83. The molecule has 0 aliphatic rings. The average Bonchev–Trinajstić information content (AvgIpc) is 2.41. The number of rotatable bonds is 3. The first-order valence-electron chi connectivity index (χ1n) is 5.49. The summed E-state index contributed by atoms with van der Waals surface area (Å²) in [4.78, 5) is 27.0. The molecule has 102 valence electrons. The smallest absolute Gasteiger partial charge is 0.257 e. The summed E-state index contributed by atoms with van der Waals surface area (Å²) in [6.07, 6.45) is 2.81. The number of primary amides is 1. The van der Waals surface area contributed by atoms with E-state index in [9.17, 15) is 9.59 Å². The van der Waals surface area contributed by atoms with Crippen LogP contribution < -0.4 is 11.1 Å². The average molecular weight is 310 g/mol. The molecule has 1 heterocycles. The highest BCUT2D eigenvalue weighted by Crippen LogP contribution is 2.24. The maximum absolute atomic E-state index is 12.1. The van der Waals surface area contributed by atoms with Gasteiger partial charge in [-0.15, -0.1) is 0 Å². The minimum atomic E-state index is -0.612. The van der Waals surface area contributed by atoms with Gasteiger partial charge in [-0.05, 0) is 24.3 Å². The van der Waals surface area contributed by atoms with Gasteiger partial charge < -0.3 is 11.1 Å². The van der Waals surface area contributed by atoms with Crippen LogP contribution in [-0.2, 0) is 0 Å². The molecule has 0 saturated heterocycles. The van der Waals surface area contributed by atoms with Crippen molar-refractivity contribution < 1.29 is 9.59 Å². The van der Waals surface area contributed by atoms with Crippen LogP contribution in [0.15, 0.2) is 36.7 Å². The van der Waals surface area contributed by atoms with Gasteiger partial charge >= 0.3 is 0 Å². The molecule has 1 aromatic carbocycles. The van der Waals surface area contributed by atoms with Gasteiger partial charge in [-0.3, -0.25) is 14.6 Å². The first kappa shape index (κ1) is 14.3. The largest absolute Gasteiger partial charge is 0.366 e. The second-order valence-corrected chi connectivity index (χ2v) is 4.68. The monoisotopic (exact) mass is 309 g/mol. The Bertz CT molecular complexity index is 689. The van der Waals surface area contributed by atoms with Gasteiger partial charge in [0.1, 0.15) is 0 Å². The zero-order valence-electron chi connectivity index (χ0n) is 10.1. The van der Waals surface area contributed by atoms with Crippen LogP contribution in [0.2, 0.25) is 10.0 Å². The molecule has 5 nitrogen and oxygen atoms in total. The SMILES string of the molecule is NC(=O)c1ccc(Cl)c(NC(=O)c2ccncc2Cl)c1. The van der Waals surface area contributed by atoms with Gasteiger partial charge in [0, 0.05) is 18.0 Å². The van der Waals surface area contributed by atoms with Crippen molar-refractivity contribution in [1.82, 2.24) is 4.98 Å². The number of benzene rings is 1. The Morgan fingerprint density at radius 3 is 2.55 bits per heavy atom. The highest BCUT2D eigenvalue weighted by Gasteiger charge is 2.13. The lowest BCUT2D eigenvalue weighted by molar-refractivity contribution is 0.0996. The van der Waals surface area contributed by atoms with Crippen LogP contribution in [-0.4, -0.2) is 16.8 Å². The van der Waals surface area contributed by atoms with E-state index in [1.54, 1.807) is 0 Å². The number of nitrogens with zero attached hydrogens (tertiary/aromatic N) is 1. The van der Waals surface area contributed by atoms with Crippen molar-refractivity contribution in [1.29, 1.82) is 0 Å². The van der Waals surface area contributed by atoms with Gasteiger partial charge in [-0.1, -0.05) is 23.2 Å². The number of hydrogen-bond acceptors (Lipinski definition) is 3. The number of nitrogens with two attached hydrogens (primary N) is 1. The lowest BCUT2D eigenvalue weighted by Crippen LogP contribution is -2.15. The molecule has 0 fully saturated rings. The fraction of sp³-hybridized carbons (Fsp3) is 0. The Morgan fingerprint density at radius 1 is 1.15 bits per heavy atom. The Balaban J connectivity index is 2.30. The topological polar surface area (TPSA) is 85.1 Å². The quantitative estimate of drug-likeness (QED) is 0.914. The van der Waals surface area contributed by atoms with Crippen molar-refractivity contribution in [3.63, 3.8) is 0 Å². The molecular formula is C13H9Cl2N3O2. The van der Waals surface area contributed by atoms with Crippen LogP contribution >= 0.6 is 23.2 Å². The number of amides is 2. The van der Waals surface area contributed by atoms with E-state index < -0.39 is 11.8 Å². The zero-order chi connectivity index (χ0) is 14.7. The molecule has 2 aromatic rings. The van der Waals surface area contributed by atoms with Crippen LogP contribution in [0.3, 0.4) is 0 Å². The van der Waals surface area contributed by atoms with Gasteiger partial charge in [-0.25, -0.2) is 0 Å². The van der Waals surface area contributed by atoms with E-state index >= 15 is 0 Å². The summed E-state index contributed by atoms with van der Waals surface area (Å²) in [5.74, 6) is -1.07. The minimum Gasteiger partial charge on any atom is -0.366 e. The maximum atomic E-state index is 12.1. The predicted octanol–water partition coefficient (Wildman–Crippen LogP) is 2.74. The van der Waals surface area contributed by atoms with Crippen molar-refractivity contribution in [3.8, 4) is 0 Å². The molecule has 20 heavy (non-hydrogen) atoms. The molecule has 0 aliphatic carbocycles. The number of halogens is 2. The number of aromatic nitrogens is 1. The van der Waals surface area contributed by atoms with E-state index in [2.05, 4.69) is 10.3 Å². The summed E-state index contributed by atoms with van der Waals surface area (Å²) in [6.45, 7) is 0. The van der Waals surface area contributed by atoms with E-state index in [1.807, 2.05) is 0 Å². The number of pyridine rings is 1. The van der Waals surface area contributed by atoms with Gasteiger partial charge in [0.05, 0.1) is 21.3 Å². The van der Waals surface area contributed by atoms with Gasteiger partial charge in [0.25, 0.3) is 5.91 Å². The molecule has 3 N–H and O–H groups in total. The van der Waals surface area contributed by atoms with Crippen molar-refractivity contribution >= 4 is 40.7 Å². The zero-order valence-corrected chi connectivity index (χ0v) is 11.6. The third-order valence-corrected chi connectivity index (χ3v) is 3.15. The van der Waals surface area contributed by atoms with Crippen LogP contribution in [0.5, 0.6) is 0 Å². The fourth-order valence-corrected chi connectivity index (χ4v) is 1.89. The minimum absolute atomic E-state index is 0.215. The molecular weight excluding hydrogens is 301 g/mol. The third kappa shape index (κ3) is 3.07. The Hall–Kier alpha value is -2.11. The maximum Gasteiger partial charge on any atom is 0.257 e. The lowest BCUT2D eigenvalue weighted by Gasteiger charge is -2.09. The van der Waals surface area contributed by atoms with Crippen molar-refractivity contribution in [3.05, 3.63) is 57.8 Å². The molecule has 1 aromatic heterocycles. The summed E-state index contributed by atoms with van der Waals surface area (Å²) >= 11 is 11.8. The molecule has 0 saturated carbocycles. The number of anilines is 1. The number of nitrogens with one attached hydrogen (secondary N) is 1. The third-order valence-electron chi connectivity index (χ3n) is 2.52. The molecule has 0 radical (unpaired) electrons. The molecule has 0 spiro atoms. The fourth-order valence-electron chi connectivity index (χ4n) is 1.52. The van der Waals surface area contributed by atoms with E-state index in [-0.39, 0.29) is 26.9 Å². The normalized spacial score (nSPS) is 10.1. The molecule has 0 aliphatic heterocycles. The van der Waals surface area contributed by atoms with Crippen LogP contribution in [0.1, 0.15) is 20.7 Å². The van der Waals surface area contributed by atoms with Gasteiger partial charge in [-0.2, -0.15) is 0 Å². The summed E-state index contributed by atoms with van der Waals surface area (Å²) in [5.41, 5.74) is 5.95. The molecule has 0 unspecified atom stereocenters. The van der Waals surface area contributed by atoms with Crippen molar-refractivity contribution in [2.45, 2.75) is 0 Å². The highest BCUT2D eigenvalue weighted by atomic mass is 35.5. The summed E-state index contributed by atoms with van der Waals surface area (Å²) in [7, 11) is 0. The Kier molecular flexibility index (Phi) is 4.22. The molecule has 2 amide bonds. The first-order chi connectivity index (χ1) is 9.49. The summed E-state index contributed by atoms with van der Waals surface area (Å²) < 4.78 is 0.